The monoisotopic (exact) mass is 264 g/mol. The average Bonchev–Trinajstić information content (AvgIpc) is 2.27. The molecule has 0 fully saturated rings. The maximum atomic E-state index is 9.82. The first-order valence-electron chi connectivity index (χ1n) is 4.46. The predicted octanol–water partition coefficient (Wildman–Crippen LogP) is 3.53. The summed E-state index contributed by atoms with van der Waals surface area (Å²) in [4.78, 5) is 0. The minimum Gasteiger partial charge on any atom is -0.507 e. The van der Waals surface area contributed by atoms with Crippen LogP contribution in [0.1, 0.15) is 0 Å². The van der Waals surface area contributed by atoms with Gasteiger partial charge in [-0.1, -0.05) is 30.3 Å². The van der Waals surface area contributed by atoms with Crippen LogP contribution in [0.15, 0.2) is 46.9 Å². The fraction of sp³-hybridized carbons (Fsp3) is 0. The molecule has 2 N–H and O–H groups in total. The molecule has 0 radical (unpaired) electrons. The van der Waals surface area contributed by atoms with Crippen LogP contribution in [0.4, 0.5) is 0 Å². The van der Waals surface area contributed by atoms with Crippen molar-refractivity contribution in [2.75, 3.05) is 0 Å². The quantitative estimate of drug-likeness (QED) is 0.828. The van der Waals surface area contributed by atoms with Gasteiger partial charge >= 0.3 is 0 Å². The average molecular weight is 265 g/mol. The first-order valence-corrected chi connectivity index (χ1v) is 5.25. The van der Waals surface area contributed by atoms with Crippen molar-refractivity contribution in [3.8, 4) is 22.6 Å². The number of hydrogen-bond acceptors (Lipinski definition) is 2. The highest BCUT2D eigenvalue weighted by atomic mass is 79.9. The zero-order valence-electron chi connectivity index (χ0n) is 7.81. The number of halogens is 1. The molecule has 0 aromatic heterocycles. The van der Waals surface area contributed by atoms with Gasteiger partial charge < -0.3 is 10.2 Å². The lowest BCUT2D eigenvalue weighted by molar-refractivity contribution is 0.446. The maximum absolute atomic E-state index is 9.82. The van der Waals surface area contributed by atoms with Crippen LogP contribution in [0, 0.1) is 0 Å². The maximum Gasteiger partial charge on any atom is 0.141 e. The highest BCUT2D eigenvalue weighted by Crippen LogP contribution is 2.40. The van der Waals surface area contributed by atoms with Gasteiger partial charge in [0.15, 0.2) is 0 Å². The van der Waals surface area contributed by atoms with Crippen molar-refractivity contribution >= 4 is 15.9 Å². The van der Waals surface area contributed by atoms with E-state index in [-0.39, 0.29) is 11.5 Å². The van der Waals surface area contributed by atoms with Crippen LogP contribution < -0.4 is 0 Å². The molecular weight excluding hydrogens is 256 g/mol. The Hall–Kier alpha value is -1.48. The van der Waals surface area contributed by atoms with Gasteiger partial charge in [0.05, 0.1) is 0 Å². The number of benzene rings is 2. The Kier molecular flexibility index (Phi) is 2.64. The van der Waals surface area contributed by atoms with Gasteiger partial charge in [-0.15, -0.1) is 0 Å². The van der Waals surface area contributed by atoms with Crippen LogP contribution in [0.25, 0.3) is 11.1 Å². The standard InChI is InChI=1S/C12H9BrO2/c13-11-10(14)7-6-9(12(11)15)8-4-2-1-3-5-8/h1-7,14-15H. The van der Waals surface area contributed by atoms with E-state index in [1.807, 2.05) is 30.3 Å². The van der Waals surface area contributed by atoms with Crippen molar-refractivity contribution in [1.82, 2.24) is 0 Å². The third kappa shape index (κ3) is 1.83. The molecule has 0 aliphatic heterocycles. The second-order valence-corrected chi connectivity index (χ2v) is 3.95. The highest BCUT2D eigenvalue weighted by molar-refractivity contribution is 9.10. The largest absolute Gasteiger partial charge is 0.507 e. The van der Waals surface area contributed by atoms with Gasteiger partial charge in [0.1, 0.15) is 16.0 Å². The van der Waals surface area contributed by atoms with Crippen LogP contribution in [0.3, 0.4) is 0 Å². The second kappa shape index (κ2) is 3.95. The van der Waals surface area contributed by atoms with Crippen molar-refractivity contribution in [3.05, 3.63) is 46.9 Å². The molecule has 3 heteroatoms. The summed E-state index contributed by atoms with van der Waals surface area (Å²) in [7, 11) is 0. The topological polar surface area (TPSA) is 40.5 Å². The Labute approximate surface area is 95.9 Å². The van der Waals surface area contributed by atoms with Crippen LogP contribution >= 0.6 is 15.9 Å². The van der Waals surface area contributed by atoms with Crippen molar-refractivity contribution in [1.29, 1.82) is 0 Å². The zero-order valence-corrected chi connectivity index (χ0v) is 9.40. The zero-order chi connectivity index (χ0) is 10.8. The van der Waals surface area contributed by atoms with Crippen LogP contribution in [0.5, 0.6) is 11.5 Å². The van der Waals surface area contributed by atoms with E-state index in [0.717, 1.165) is 5.56 Å². The highest BCUT2D eigenvalue weighted by Gasteiger charge is 2.10. The van der Waals surface area contributed by atoms with Gasteiger partial charge in [0.2, 0.25) is 0 Å². The molecule has 15 heavy (non-hydrogen) atoms. The fourth-order valence-corrected chi connectivity index (χ4v) is 1.75. The number of rotatable bonds is 1. The van der Waals surface area contributed by atoms with Gasteiger partial charge in [-0.2, -0.15) is 0 Å². The van der Waals surface area contributed by atoms with E-state index in [9.17, 15) is 10.2 Å². The molecule has 2 aromatic carbocycles. The number of hydrogen-bond donors (Lipinski definition) is 2. The summed E-state index contributed by atoms with van der Waals surface area (Å²) in [6.45, 7) is 0. The summed E-state index contributed by atoms with van der Waals surface area (Å²) < 4.78 is 0.323. The van der Waals surface area contributed by atoms with Crippen LogP contribution in [-0.4, -0.2) is 10.2 Å². The van der Waals surface area contributed by atoms with Crippen LogP contribution in [0.2, 0.25) is 0 Å². The number of aromatic hydroxyl groups is 2. The van der Waals surface area contributed by atoms with Gasteiger partial charge in [-0.25, -0.2) is 0 Å². The van der Waals surface area contributed by atoms with Crippen molar-refractivity contribution in [2.45, 2.75) is 0 Å². The van der Waals surface area contributed by atoms with Crippen LogP contribution in [-0.2, 0) is 0 Å². The lowest BCUT2D eigenvalue weighted by atomic mass is 10.0. The summed E-state index contributed by atoms with van der Waals surface area (Å²) in [6.07, 6.45) is 0. The van der Waals surface area contributed by atoms with E-state index < -0.39 is 0 Å². The number of phenols is 2. The first-order chi connectivity index (χ1) is 7.20. The Balaban J connectivity index is 2.60. The smallest absolute Gasteiger partial charge is 0.141 e. The van der Waals surface area contributed by atoms with Crippen molar-refractivity contribution in [2.24, 2.45) is 0 Å². The molecule has 0 heterocycles. The normalized spacial score (nSPS) is 10.2. The van der Waals surface area contributed by atoms with Gasteiger partial charge in [0.25, 0.3) is 0 Å². The van der Waals surface area contributed by atoms with Gasteiger partial charge in [-0.3, -0.25) is 0 Å². The SMILES string of the molecule is Oc1ccc(-c2ccccc2)c(O)c1Br. The second-order valence-electron chi connectivity index (χ2n) is 3.16. The third-order valence-electron chi connectivity index (χ3n) is 2.18. The Morgan fingerprint density at radius 1 is 0.867 bits per heavy atom. The summed E-state index contributed by atoms with van der Waals surface area (Å²) in [5, 5.41) is 19.2. The van der Waals surface area contributed by atoms with Crippen molar-refractivity contribution < 1.29 is 10.2 Å². The molecule has 0 saturated heterocycles. The number of phenolic OH excluding ortho intramolecular Hbond substituents is 2. The fourth-order valence-electron chi connectivity index (χ4n) is 1.40. The van der Waals surface area contributed by atoms with E-state index in [2.05, 4.69) is 15.9 Å². The molecule has 0 aliphatic carbocycles. The third-order valence-corrected chi connectivity index (χ3v) is 2.96. The molecule has 0 aliphatic rings. The molecule has 76 valence electrons. The first kappa shape index (κ1) is 10.1. The molecular formula is C12H9BrO2. The molecule has 0 unspecified atom stereocenters. The molecule has 0 spiro atoms. The summed E-state index contributed by atoms with van der Waals surface area (Å²) in [5.41, 5.74) is 1.61. The molecule has 0 bridgehead atoms. The van der Waals surface area contributed by atoms with Crippen molar-refractivity contribution in [3.63, 3.8) is 0 Å². The minimum absolute atomic E-state index is 0.0344. The predicted molar refractivity (Wildman–Crippen MR) is 62.9 cm³/mol. The molecule has 0 saturated carbocycles. The lowest BCUT2D eigenvalue weighted by Crippen LogP contribution is -1.80. The summed E-state index contributed by atoms with van der Waals surface area (Å²) >= 11 is 3.13. The molecule has 2 rings (SSSR count). The summed E-state index contributed by atoms with van der Waals surface area (Å²) in [5.74, 6) is 0.0911. The lowest BCUT2D eigenvalue weighted by Gasteiger charge is -2.07. The van der Waals surface area contributed by atoms with E-state index in [4.69, 9.17) is 0 Å². The van der Waals surface area contributed by atoms with E-state index >= 15 is 0 Å². The molecule has 0 amide bonds. The van der Waals surface area contributed by atoms with Gasteiger partial charge in [-0.05, 0) is 33.6 Å². The Bertz CT molecular complexity index is 480. The molecule has 2 aromatic rings. The summed E-state index contributed by atoms with van der Waals surface area (Å²) in [6, 6.07) is 12.7. The molecule has 2 nitrogen and oxygen atoms in total. The van der Waals surface area contributed by atoms with Gasteiger partial charge in [0, 0.05) is 5.56 Å². The van der Waals surface area contributed by atoms with E-state index in [1.54, 1.807) is 12.1 Å². The Morgan fingerprint density at radius 3 is 2.20 bits per heavy atom. The van der Waals surface area contributed by atoms with E-state index in [0.29, 0.717) is 10.0 Å². The minimum atomic E-state index is 0.0344. The Morgan fingerprint density at radius 2 is 1.53 bits per heavy atom. The molecule has 0 atom stereocenters. The van der Waals surface area contributed by atoms with E-state index in [1.165, 1.54) is 0 Å².